The zero-order chi connectivity index (χ0) is 14.7. The molecule has 0 amide bonds. The number of morpholine rings is 1. The number of nitrogens with zero attached hydrogens (tertiary/aromatic N) is 3. The van der Waals surface area contributed by atoms with Gasteiger partial charge in [-0.05, 0) is 19.4 Å². The number of aromatic nitrogens is 2. The van der Waals surface area contributed by atoms with E-state index in [2.05, 4.69) is 22.0 Å². The Morgan fingerprint density at radius 2 is 2.14 bits per heavy atom. The van der Waals surface area contributed by atoms with Gasteiger partial charge in [-0.15, -0.1) is 0 Å². The quantitative estimate of drug-likeness (QED) is 0.864. The van der Waals surface area contributed by atoms with Gasteiger partial charge in [-0.3, -0.25) is 4.90 Å². The highest BCUT2D eigenvalue weighted by molar-refractivity contribution is 5.09. The second-order valence-electron chi connectivity index (χ2n) is 5.81. The zero-order valence-corrected chi connectivity index (χ0v) is 12.6. The maximum Gasteiger partial charge on any atom is 0.234 e. The molecule has 0 saturated carbocycles. The first-order chi connectivity index (χ1) is 10.3. The molecule has 0 spiro atoms. The molecule has 1 aromatic rings. The third-order valence-corrected chi connectivity index (χ3v) is 4.62. The van der Waals surface area contributed by atoms with Crippen molar-refractivity contribution in [3.05, 3.63) is 11.7 Å². The van der Waals surface area contributed by atoms with Crippen LogP contribution in [0.2, 0.25) is 0 Å². The van der Waals surface area contributed by atoms with Crippen molar-refractivity contribution in [3.63, 3.8) is 0 Å². The van der Waals surface area contributed by atoms with Crippen LogP contribution in [0.15, 0.2) is 4.52 Å². The molecule has 3 heterocycles. The van der Waals surface area contributed by atoms with Crippen LogP contribution in [0.3, 0.4) is 0 Å². The summed E-state index contributed by atoms with van der Waals surface area (Å²) < 4.78 is 16.7. The van der Waals surface area contributed by atoms with Gasteiger partial charge in [0, 0.05) is 32.8 Å². The van der Waals surface area contributed by atoms with Crippen molar-refractivity contribution in [2.24, 2.45) is 5.73 Å². The Labute approximate surface area is 124 Å². The Kier molecular flexibility index (Phi) is 4.54. The zero-order valence-electron chi connectivity index (χ0n) is 12.6. The van der Waals surface area contributed by atoms with Gasteiger partial charge in [0.15, 0.2) is 0 Å². The summed E-state index contributed by atoms with van der Waals surface area (Å²) in [6.07, 6.45) is 1.56. The molecule has 2 N–H and O–H groups in total. The Balaban J connectivity index is 1.76. The molecule has 0 aliphatic carbocycles. The van der Waals surface area contributed by atoms with Crippen LogP contribution in [-0.4, -0.2) is 61.0 Å². The van der Waals surface area contributed by atoms with E-state index in [9.17, 15) is 0 Å². The molecule has 0 radical (unpaired) electrons. The van der Waals surface area contributed by atoms with Crippen LogP contribution in [0.4, 0.5) is 0 Å². The maximum absolute atomic E-state index is 5.98. The lowest BCUT2D eigenvalue weighted by molar-refractivity contribution is -0.0334. The first-order valence-electron chi connectivity index (χ1n) is 7.73. The van der Waals surface area contributed by atoms with Crippen LogP contribution >= 0.6 is 0 Å². The van der Waals surface area contributed by atoms with E-state index in [1.165, 1.54) is 0 Å². The van der Waals surface area contributed by atoms with Gasteiger partial charge in [0.05, 0.1) is 12.0 Å². The Morgan fingerprint density at radius 3 is 2.86 bits per heavy atom. The van der Waals surface area contributed by atoms with E-state index < -0.39 is 0 Å². The molecule has 1 unspecified atom stereocenters. The highest BCUT2D eigenvalue weighted by Gasteiger charge is 2.39. The summed E-state index contributed by atoms with van der Waals surface area (Å²) in [7, 11) is 0. The molecule has 2 fully saturated rings. The third kappa shape index (κ3) is 2.96. The van der Waals surface area contributed by atoms with Crippen molar-refractivity contribution in [3.8, 4) is 0 Å². The first-order valence-corrected chi connectivity index (χ1v) is 7.73. The summed E-state index contributed by atoms with van der Waals surface area (Å²) >= 11 is 0. The van der Waals surface area contributed by atoms with Crippen molar-refractivity contribution in [2.45, 2.75) is 31.3 Å². The van der Waals surface area contributed by atoms with E-state index in [1.807, 2.05) is 0 Å². The van der Waals surface area contributed by atoms with E-state index in [0.717, 1.165) is 32.5 Å². The topological polar surface area (TPSA) is 86.6 Å². The average molecular weight is 296 g/mol. The fourth-order valence-electron chi connectivity index (χ4n) is 2.99. The van der Waals surface area contributed by atoms with Gasteiger partial charge in [-0.25, -0.2) is 0 Å². The van der Waals surface area contributed by atoms with Crippen LogP contribution < -0.4 is 5.73 Å². The molecule has 118 valence electrons. The fourth-order valence-corrected chi connectivity index (χ4v) is 2.99. The van der Waals surface area contributed by atoms with Crippen molar-refractivity contribution in [1.29, 1.82) is 0 Å². The predicted molar refractivity (Wildman–Crippen MR) is 75.9 cm³/mol. The van der Waals surface area contributed by atoms with Gasteiger partial charge in [-0.2, -0.15) is 4.98 Å². The van der Waals surface area contributed by atoms with E-state index >= 15 is 0 Å². The Hall–Kier alpha value is -1.02. The van der Waals surface area contributed by atoms with Crippen molar-refractivity contribution >= 4 is 0 Å². The van der Waals surface area contributed by atoms with Crippen molar-refractivity contribution in [2.75, 3.05) is 46.0 Å². The Bertz CT molecular complexity index is 459. The molecule has 7 heteroatoms. The molecule has 3 rings (SSSR count). The summed E-state index contributed by atoms with van der Waals surface area (Å²) in [5, 5.41) is 4.14. The summed E-state index contributed by atoms with van der Waals surface area (Å²) in [6, 6.07) is 0. The van der Waals surface area contributed by atoms with E-state index in [0.29, 0.717) is 38.1 Å². The minimum Gasteiger partial charge on any atom is -0.381 e. The largest absolute Gasteiger partial charge is 0.381 e. The molecule has 0 aromatic carbocycles. The smallest absolute Gasteiger partial charge is 0.234 e. The predicted octanol–water partition coefficient (Wildman–Crippen LogP) is 0.470. The number of rotatable bonds is 4. The molecular weight excluding hydrogens is 272 g/mol. The first kappa shape index (κ1) is 14.9. The molecule has 2 aliphatic heterocycles. The van der Waals surface area contributed by atoms with Gasteiger partial charge >= 0.3 is 0 Å². The molecule has 0 bridgehead atoms. The lowest BCUT2D eigenvalue weighted by Gasteiger charge is -2.32. The number of hydrogen-bond acceptors (Lipinski definition) is 7. The second kappa shape index (κ2) is 6.39. The minimum absolute atomic E-state index is 0.106. The molecular formula is C14H24N4O3. The summed E-state index contributed by atoms with van der Waals surface area (Å²) in [6.45, 7) is 7.53. The van der Waals surface area contributed by atoms with E-state index in [-0.39, 0.29) is 11.5 Å². The Morgan fingerprint density at radius 1 is 1.33 bits per heavy atom. The van der Waals surface area contributed by atoms with Crippen molar-refractivity contribution < 1.29 is 14.0 Å². The number of likely N-dealkylation sites (N-methyl/N-ethyl adjacent to an activating group) is 1. The second-order valence-corrected chi connectivity index (χ2v) is 5.81. The summed E-state index contributed by atoms with van der Waals surface area (Å²) in [5.74, 6) is 1.28. The maximum atomic E-state index is 5.98. The van der Waals surface area contributed by atoms with Gasteiger partial charge < -0.3 is 19.7 Å². The summed E-state index contributed by atoms with van der Waals surface area (Å²) in [5.41, 5.74) is 5.75. The van der Waals surface area contributed by atoms with E-state index in [1.54, 1.807) is 0 Å². The number of hydrogen-bond donors (Lipinski definition) is 1. The average Bonchev–Trinajstić information content (AvgIpc) is 3.06. The number of ether oxygens (including phenoxy) is 2. The van der Waals surface area contributed by atoms with Gasteiger partial charge in [0.2, 0.25) is 11.7 Å². The lowest BCUT2D eigenvalue weighted by atomic mass is 9.80. The standard InChI is InChI=1S/C14H24N4O3/c1-2-18-5-8-20-11(9-18)12-16-13(21-17-12)14(10-15)3-6-19-7-4-14/h11H,2-10,15H2,1H3. The summed E-state index contributed by atoms with van der Waals surface area (Å²) in [4.78, 5) is 6.94. The fraction of sp³-hybridized carbons (Fsp3) is 0.857. The highest BCUT2D eigenvalue weighted by atomic mass is 16.5. The van der Waals surface area contributed by atoms with Gasteiger partial charge in [0.1, 0.15) is 6.10 Å². The molecule has 2 saturated heterocycles. The van der Waals surface area contributed by atoms with Crippen LogP contribution in [0.5, 0.6) is 0 Å². The normalized spacial score (nSPS) is 26.9. The minimum atomic E-state index is -0.234. The van der Waals surface area contributed by atoms with Crippen LogP contribution in [0.1, 0.15) is 37.6 Å². The number of nitrogens with two attached hydrogens (primary N) is 1. The van der Waals surface area contributed by atoms with Crippen LogP contribution in [0, 0.1) is 0 Å². The highest BCUT2D eigenvalue weighted by Crippen LogP contribution is 2.33. The SMILES string of the molecule is CCN1CCOC(c2noc(C3(CN)CCOCC3)n2)C1. The van der Waals surface area contributed by atoms with Gasteiger partial charge in [0.25, 0.3) is 0 Å². The monoisotopic (exact) mass is 296 g/mol. The van der Waals surface area contributed by atoms with Crippen LogP contribution in [-0.2, 0) is 14.9 Å². The molecule has 7 nitrogen and oxygen atoms in total. The molecule has 1 aromatic heterocycles. The molecule has 21 heavy (non-hydrogen) atoms. The van der Waals surface area contributed by atoms with Crippen molar-refractivity contribution in [1.82, 2.24) is 15.0 Å². The molecule has 2 aliphatic rings. The molecule has 1 atom stereocenters. The van der Waals surface area contributed by atoms with Gasteiger partial charge in [-0.1, -0.05) is 12.1 Å². The lowest BCUT2D eigenvalue weighted by Crippen LogP contribution is -2.41. The third-order valence-electron chi connectivity index (χ3n) is 4.62. The van der Waals surface area contributed by atoms with E-state index in [4.69, 9.17) is 19.7 Å². The van der Waals surface area contributed by atoms with Crippen LogP contribution in [0.25, 0.3) is 0 Å².